The Morgan fingerprint density at radius 3 is 2.80 bits per heavy atom. The van der Waals surface area contributed by atoms with E-state index in [9.17, 15) is 9.18 Å². The average Bonchev–Trinajstić information content (AvgIpc) is 2.50. The van der Waals surface area contributed by atoms with Gasteiger partial charge in [0.25, 0.3) is 0 Å². The van der Waals surface area contributed by atoms with Crippen LogP contribution in [0, 0.1) is 5.82 Å². The van der Waals surface area contributed by atoms with E-state index in [1.807, 2.05) is 0 Å². The quantitative estimate of drug-likeness (QED) is 0.700. The van der Waals surface area contributed by atoms with Gasteiger partial charge in [0, 0.05) is 18.0 Å². The molecule has 1 aliphatic heterocycles. The zero-order valence-corrected chi connectivity index (χ0v) is 9.22. The summed E-state index contributed by atoms with van der Waals surface area (Å²) in [5.41, 5.74) is 0.204. The fraction of sp³-hybridized carbons (Fsp3) is 0.300. The van der Waals surface area contributed by atoms with Crippen LogP contribution in [0.1, 0.15) is 6.42 Å². The zero-order chi connectivity index (χ0) is 11.0. The molecule has 0 N–H and O–H groups in total. The predicted octanol–water partition coefficient (Wildman–Crippen LogP) is 2.82. The number of alkyl halides is 1. The van der Waals surface area contributed by atoms with Crippen LogP contribution in [0.5, 0.6) is 0 Å². The monoisotopic (exact) mass is 247 g/mol. The summed E-state index contributed by atoms with van der Waals surface area (Å²) in [6, 6.07) is 4.12. The molecule has 5 heteroatoms. The van der Waals surface area contributed by atoms with Gasteiger partial charge in [-0.05, 0) is 18.2 Å². The molecule has 0 aliphatic carbocycles. The van der Waals surface area contributed by atoms with Crippen LogP contribution >= 0.6 is 23.2 Å². The molecule has 1 saturated heterocycles. The SMILES string of the molecule is O=C1CC(Cl)CN1c1cc(Cl)ccc1F. The van der Waals surface area contributed by atoms with Crippen molar-refractivity contribution in [1.29, 1.82) is 0 Å². The maximum absolute atomic E-state index is 13.4. The molecule has 1 aromatic carbocycles. The number of hydrogen-bond acceptors (Lipinski definition) is 1. The van der Waals surface area contributed by atoms with Crippen molar-refractivity contribution in [3.05, 3.63) is 29.0 Å². The van der Waals surface area contributed by atoms with Crippen LogP contribution in [0.25, 0.3) is 0 Å². The van der Waals surface area contributed by atoms with Crippen molar-refractivity contribution in [3.8, 4) is 0 Å². The van der Waals surface area contributed by atoms with Gasteiger partial charge in [0.05, 0.1) is 11.1 Å². The first-order chi connectivity index (χ1) is 7.08. The molecule has 1 fully saturated rings. The first kappa shape index (κ1) is 10.7. The Bertz CT molecular complexity index is 410. The van der Waals surface area contributed by atoms with E-state index in [1.54, 1.807) is 0 Å². The van der Waals surface area contributed by atoms with Crippen LogP contribution < -0.4 is 4.90 Å². The molecule has 0 aromatic heterocycles. The maximum Gasteiger partial charge on any atom is 0.228 e. The molecule has 1 atom stereocenters. The third-order valence-electron chi connectivity index (χ3n) is 2.28. The van der Waals surface area contributed by atoms with Crippen molar-refractivity contribution in [1.82, 2.24) is 0 Å². The Labute approximate surface area is 96.6 Å². The van der Waals surface area contributed by atoms with Crippen molar-refractivity contribution in [3.63, 3.8) is 0 Å². The van der Waals surface area contributed by atoms with Gasteiger partial charge in [0.15, 0.2) is 0 Å². The number of benzene rings is 1. The summed E-state index contributed by atoms with van der Waals surface area (Å²) in [6.07, 6.45) is 0.244. The van der Waals surface area contributed by atoms with Crippen molar-refractivity contribution >= 4 is 34.8 Å². The van der Waals surface area contributed by atoms with Crippen LogP contribution in [0.2, 0.25) is 5.02 Å². The van der Waals surface area contributed by atoms with Crippen molar-refractivity contribution in [2.75, 3.05) is 11.4 Å². The molecule has 1 unspecified atom stereocenters. The largest absolute Gasteiger partial charge is 0.308 e. The standard InChI is InChI=1S/C10H8Cl2FNO/c11-6-1-2-8(13)9(3-6)14-5-7(12)4-10(14)15/h1-3,7H,4-5H2. The lowest BCUT2D eigenvalue weighted by Crippen LogP contribution is -2.25. The summed E-state index contributed by atoms with van der Waals surface area (Å²) < 4.78 is 13.4. The highest BCUT2D eigenvalue weighted by Crippen LogP contribution is 2.28. The lowest BCUT2D eigenvalue weighted by Gasteiger charge is -2.16. The van der Waals surface area contributed by atoms with Gasteiger partial charge in [-0.2, -0.15) is 0 Å². The summed E-state index contributed by atoms with van der Waals surface area (Å²) >= 11 is 11.6. The smallest absolute Gasteiger partial charge is 0.228 e. The predicted molar refractivity (Wildman–Crippen MR) is 58.0 cm³/mol. The Kier molecular flexibility index (Phi) is 2.85. The van der Waals surface area contributed by atoms with E-state index in [0.29, 0.717) is 11.6 Å². The van der Waals surface area contributed by atoms with Crippen LogP contribution in [0.4, 0.5) is 10.1 Å². The van der Waals surface area contributed by atoms with E-state index >= 15 is 0 Å². The van der Waals surface area contributed by atoms with Gasteiger partial charge in [-0.3, -0.25) is 4.79 Å². The number of rotatable bonds is 1. The van der Waals surface area contributed by atoms with Gasteiger partial charge in [-0.15, -0.1) is 11.6 Å². The van der Waals surface area contributed by atoms with Crippen LogP contribution in [-0.4, -0.2) is 17.8 Å². The number of nitrogens with zero attached hydrogens (tertiary/aromatic N) is 1. The highest BCUT2D eigenvalue weighted by molar-refractivity contribution is 6.31. The second kappa shape index (κ2) is 3.99. The normalized spacial score (nSPS) is 21.1. The van der Waals surface area contributed by atoms with Gasteiger partial charge in [0.1, 0.15) is 5.82 Å². The van der Waals surface area contributed by atoms with E-state index in [0.717, 1.165) is 0 Å². The molecular weight excluding hydrogens is 240 g/mol. The molecule has 0 bridgehead atoms. The Balaban J connectivity index is 2.37. The lowest BCUT2D eigenvalue weighted by atomic mass is 10.3. The number of anilines is 1. The second-order valence-corrected chi connectivity index (χ2v) is 4.46. The van der Waals surface area contributed by atoms with Gasteiger partial charge in [-0.1, -0.05) is 11.6 Å². The summed E-state index contributed by atoms with van der Waals surface area (Å²) in [6.45, 7) is 0.331. The Morgan fingerprint density at radius 1 is 1.47 bits per heavy atom. The molecule has 1 heterocycles. The van der Waals surface area contributed by atoms with E-state index in [1.165, 1.54) is 23.1 Å². The molecule has 2 nitrogen and oxygen atoms in total. The van der Waals surface area contributed by atoms with E-state index in [2.05, 4.69) is 0 Å². The van der Waals surface area contributed by atoms with Crippen molar-refractivity contribution in [2.45, 2.75) is 11.8 Å². The number of halogens is 3. The molecular formula is C10H8Cl2FNO. The number of hydrogen-bond donors (Lipinski definition) is 0. The summed E-state index contributed by atoms with van der Waals surface area (Å²) in [5, 5.41) is 0.146. The third-order valence-corrected chi connectivity index (χ3v) is 2.80. The molecule has 0 radical (unpaired) electrons. The van der Waals surface area contributed by atoms with Crippen molar-refractivity contribution < 1.29 is 9.18 Å². The van der Waals surface area contributed by atoms with Gasteiger partial charge in [0.2, 0.25) is 5.91 Å². The van der Waals surface area contributed by atoms with Gasteiger partial charge in [-0.25, -0.2) is 4.39 Å². The van der Waals surface area contributed by atoms with Crippen LogP contribution in [-0.2, 0) is 4.79 Å². The minimum Gasteiger partial charge on any atom is -0.308 e. The number of carbonyl (C=O) groups is 1. The second-order valence-electron chi connectivity index (χ2n) is 3.40. The first-order valence-electron chi connectivity index (χ1n) is 4.47. The van der Waals surface area contributed by atoms with Crippen LogP contribution in [0.3, 0.4) is 0 Å². The molecule has 1 aliphatic rings. The van der Waals surface area contributed by atoms with Crippen molar-refractivity contribution in [2.24, 2.45) is 0 Å². The lowest BCUT2D eigenvalue weighted by molar-refractivity contribution is -0.117. The fourth-order valence-electron chi connectivity index (χ4n) is 1.59. The zero-order valence-electron chi connectivity index (χ0n) is 7.71. The molecule has 2 rings (SSSR count). The van der Waals surface area contributed by atoms with E-state index in [-0.39, 0.29) is 23.4 Å². The highest BCUT2D eigenvalue weighted by atomic mass is 35.5. The molecule has 15 heavy (non-hydrogen) atoms. The Morgan fingerprint density at radius 2 is 2.20 bits per heavy atom. The number of carbonyl (C=O) groups excluding carboxylic acids is 1. The minimum atomic E-state index is -0.460. The summed E-state index contributed by atoms with van der Waals surface area (Å²) in [7, 11) is 0. The van der Waals surface area contributed by atoms with Gasteiger partial charge >= 0.3 is 0 Å². The first-order valence-corrected chi connectivity index (χ1v) is 5.29. The third kappa shape index (κ3) is 2.08. The molecule has 0 spiro atoms. The molecule has 1 aromatic rings. The maximum atomic E-state index is 13.4. The highest BCUT2D eigenvalue weighted by Gasteiger charge is 2.30. The van der Waals surface area contributed by atoms with E-state index < -0.39 is 5.82 Å². The van der Waals surface area contributed by atoms with E-state index in [4.69, 9.17) is 23.2 Å². The topological polar surface area (TPSA) is 20.3 Å². The Hall–Kier alpha value is -0.800. The molecule has 80 valence electrons. The van der Waals surface area contributed by atoms with Crippen LogP contribution in [0.15, 0.2) is 18.2 Å². The van der Waals surface area contributed by atoms with Gasteiger partial charge < -0.3 is 4.90 Å². The average molecular weight is 248 g/mol. The number of amides is 1. The minimum absolute atomic E-state index is 0.170. The summed E-state index contributed by atoms with van der Waals surface area (Å²) in [5.74, 6) is -0.630. The molecule has 0 saturated carbocycles. The summed E-state index contributed by atoms with van der Waals surface area (Å²) in [4.78, 5) is 12.8. The fourth-order valence-corrected chi connectivity index (χ4v) is 2.03. The molecule has 1 amide bonds.